The van der Waals surface area contributed by atoms with Gasteiger partial charge in [0.2, 0.25) is 0 Å². The third kappa shape index (κ3) is 2.89. The standard InChI is InChI=1S/C15H10Cl2FNOS/c16-9-1-3-11(12(18)7-9)15(20)19-5-6-21-14-4-2-10(17)8-13(14)19/h1-4,7-8H,5-6H2. The molecule has 6 heteroatoms. The van der Waals surface area contributed by atoms with Gasteiger partial charge in [0.15, 0.2) is 0 Å². The van der Waals surface area contributed by atoms with Gasteiger partial charge in [0.05, 0.1) is 11.3 Å². The van der Waals surface area contributed by atoms with Crippen LogP contribution in [0.3, 0.4) is 0 Å². The molecule has 21 heavy (non-hydrogen) atoms. The van der Waals surface area contributed by atoms with E-state index >= 15 is 0 Å². The Kier molecular flexibility index (Phi) is 4.11. The lowest BCUT2D eigenvalue weighted by molar-refractivity contribution is 0.0984. The summed E-state index contributed by atoms with van der Waals surface area (Å²) < 4.78 is 13.9. The van der Waals surface area contributed by atoms with Crippen LogP contribution < -0.4 is 4.90 Å². The molecule has 2 aromatic carbocycles. The molecule has 3 rings (SSSR count). The highest BCUT2D eigenvalue weighted by Gasteiger charge is 2.26. The second-order valence-corrected chi connectivity index (χ2v) is 6.55. The van der Waals surface area contributed by atoms with Crippen LogP contribution in [0.4, 0.5) is 10.1 Å². The zero-order chi connectivity index (χ0) is 15.0. The number of fused-ring (bicyclic) bond motifs is 1. The van der Waals surface area contributed by atoms with E-state index in [1.54, 1.807) is 28.8 Å². The fourth-order valence-corrected chi connectivity index (χ4v) is 3.51. The highest BCUT2D eigenvalue weighted by atomic mass is 35.5. The largest absolute Gasteiger partial charge is 0.306 e. The molecule has 0 unspecified atom stereocenters. The number of anilines is 1. The second-order valence-electron chi connectivity index (χ2n) is 4.54. The molecular formula is C15H10Cl2FNOS. The zero-order valence-corrected chi connectivity index (χ0v) is 13.1. The molecule has 1 amide bonds. The van der Waals surface area contributed by atoms with E-state index in [4.69, 9.17) is 23.2 Å². The van der Waals surface area contributed by atoms with Gasteiger partial charge in [-0.25, -0.2) is 4.39 Å². The summed E-state index contributed by atoms with van der Waals surface area (Å²) in [5, 5.41) is 0.812. The molecule has 0 N–H and O–H groups in total. The number of thioether (sulfide) groups is 1. The van der Waals surface area contributed by atoms with E-state index in [-0.39, 0.29) is 16.5 Å². The van der Waals surface area contributed by atoms with Gasteiger partial charge in [0.25, 0.3) is 5.91 Å². The summed E-state index contributed by atoms with van der Waals surface area (Å²) in [6.45, 7) is 0.513. The predicted molar refractivity (Wildman–Crippen MR) is 85.3 cm³/mol. The number of hydrogen-bond donors (Lipinski definition) is 0. The Bertz CT molecular complexity index is 723. The normalized spacial score (nSPS) is 14.0. The van der Waals surface area contributed by atoms with Crippen molar-refractivity contribution in [2.45, 2.75) is 4.90 Å². The maximum Gasteiger partial charge on any atom is 0.261 e. The molecule has 0 atom stereocenters. The van der Waals surface area contributed by atoms with Crippen molar-refractivity contribution in [2.24, 2.45) is 0 Å². The average Bonchev–Trinajstić information content (AvgIpc) is 2.46. The van der Waals surface area contributed by atoms with Gasteiger partial charge in [-0.15, -0.1) is 11.8 Å². The lowest BCUT2D eigenvalue weighted by Crippen LogP contribution is -2.35. The average molecular weight is 342 g/mol. The summed E-state index contributed by atoms with van der Waals surface area (Å²) in [4.78, 5) is 15.1. The zero-order valence-electron chi connectivity index (χ0n) is 10.8. The number of hydrogen-bond acceptors (Lipinski definition) is 2. The van der Waals surface area contributed by atoms with E-state index in [2.05, 4.69) is 0 Å². The van der Waals surface area contributed by atoms with Crippen LogP contribution in [-0.2, 0) is 0 Å². The van der Waals surface area contributed by atoms with Gasteiger partial charge in [-0.05, 0) is 36.4 Å². The Morgan fingerprint density at radius 1 is 1.14 bits per heavy atom. The topological polar surface area (TPSA) is 20.3 Å². The summed E-state index contributed by atoms with van der Waals surface area (Å²) in [5.74, 6) is -0.238. The van der Waals surface area contributed by atoms with Crippen LogP contribution in [0, 0.1) is 5.82 Å². The number of nitrogens with zero attached hydrogens (tertiary/aromatic N) is 1. The highest BCUT2D eigenvalue weighted by molar-refractivity contribution is 7.99. The number of carbonyl (C=O) groups is 1. The molecule has 0 aromatic heterocycles. The van der Waals surface area contributed by atoms with Gasteiger partial charge in [0.1, 0.15) is 5.82 Å². The fourth-order valence-electron chi connectivity index (χ4n) is 2.21. The molecule has 0 spiro atoms. The summed E-state index contributed by atoms with van der Waals surface area (Å²) in [6, 6.07) is 9.45. The number of benzene rings is 2. The van der Waals surface area contributed by atoms with Crippen LogP contribution in [0.1, 0.15) is 10.4 Å². The summed E-state index contributed by atoms with van der Waals surface area (Å²) >= 11 is 13.4. The Hall–Kier alpha value is -1.23. The Morgan fingerprint density at radius 3 is 2.62 bits per heavy atom. The number of rotatable bonds is 1. The minimum atomic E-state index is -0.616. The van der Waals surface area contributed by atoms with Crippen LogP contribution in [0.2, 0.25) is 10.0 Å². The van der Waals surface area contributed by atoms with Crippen LogP contribution in [0.25, 0.3) is 0 Å². The molecule has 0 saturated carbocycles. The SMILES string of the molecule is O=C(c1ccc(Cl)cc1F)N1CCSc2ccc(Cl)cc21. The molecule has 0 bridgehead atoms. The van der Waals surface area contributed by atoms with E-state index in [9.17, 15) is 9.18 Å². The molecule has 0 saturated heterocycles. The molecule has 1 aliphatic rings. The van der Waals surface area contributed by atoms with Crippen molar-refractivity contribution in [3.63, 3.8) is 0 Å². The summed E-state index contributed by atoms with van der Waals surface area (Å²) in [6.07, 6.45) is 0. The van der Waals surface area contributed by atoms with Crippen molar-refractivity contribution in [2.75, 3.05) is 17.2 Å². The Labute approximate surface area is 135 Å². The lowest BCUT2D eigenvalue weighted by atomic mass is 10.1. The summed E-state index contributed by atoms with van der Waals surface area (Å²) in [5.41, 5.74) is 0.732. The molecule has 0 fully saturated rings. The first-order chi connectivity index (χ1) is 10.1. The van der Waals surface area contributed by atoms with E-state index < -0.39 is 5.82 Å². The van der Waals surface area contributed by atoms with Gasteiger partial charge < -0.3 is 4.90 Å². The molecular weight excluding hydrogens is 332 g/mol. The predicted octanol–water partition coefficient (Wildman–Crippen LogP) is 4.89. The van der Waals surface area contributed by atoms with Crippen molar-refractivity contribution in [3.05, 3.63) is 57.8 Å². The first kappa shape index (κ1) is 14.7. The minimum absolute atomic E-state index is 0.0113. The maximum atomic E-state index is 13.9. The highest BCUT2D eigenvalue weighted by Crippen LogP contribution is 2.37. The first-order valence-corrected chi connectivity index (χ1v) is 7.99. The van der Waals surface area contributed by atoms with E-state index in [0.717, 1.165) is 22.4 Å². The van der Waals surface area contributed by atoms with Crippen molar-refractivity contribution in [1.29, 1.82) is 0 Å². The van der Waals surface area contributed by atoms with Crippen molar-refractivity contribution in [3.8, 4) is 0 Å². The number of amides is 1. The summed E-state index contributed by atoms with van der Waals surface area (Å²) in [7, 11) is 0. The third-order valence-electron chi connectivity index (χ3n) is 3.19. The second kappa shape index (κ2) is 5.87. The van der Waals surface area contributed by atoms with Crippen LogP contribution in [-0.4, -0.2) is 18.2 Å². The minimum Gasteiger partial charge on any atom is -0.306 e. The van der Waals surface area contributed by atoms with Gasteiger partial charge in [-0.3, -0.25) is 4.79 Å². The maximum absolute atomic E-state index is 13.9. The van der Waals surface area contributed by atoms with Gasteiger partial charge in [-0.1, -0.05) is 23.2 Å². The van der Waals surface area contributed by atoms with Crippen molar-refractivity contribution >= 4 is 46.6 Å². The van der Waals surface area contributed by atoms with Gasteiger partial charge >= 0.3 is 0 Å². The van der Waals surface area contributed by atoms with Crippen LogP contribution in [0.15, 0.2) is 41.3 Å². The monoisotopic (exact) mass is 341 g/mol. The van der Waals surface area contributed by atoms with Crippen LogP contribution in [0.5, 0.6) is 0 Å². The van der Waals surface area contributed by atoms with E-state index in [1.807, 2.05) is 6.07 Å². The van der Waals surface area contributed by atoms with E-state index in [1.165, 1.54) is 12.1 Å². The van der Waals surface area contributed by atoms with Crippen molar-refractivity contribution < 1.29 is 9.18 Å². The molecule has 0 radical (unpaired) electrons. The molecule has 108 valence electrons. The van der Waals surface area contributed by atoms with Gasteiger partial charge in [-0.2, -0.15) is 0 Å². The quantitative estimate of drug-likeness (QED) is 0.736. The third-order valence-corrected chi connectivity index (χ3v) is 4.70. The molecule has 2 aromatic rings. The lowest BCUT2D eigenvalue weighted by Gasteiger charge is -2.29. The Balaban J connectivity index is 2.02. The van der Waals surface area contributed by atoms with Crippen molar-refractivity contribution in [1.82, 2.24) is 0 Å². The fraction of sp³-hybridized carbons (Fsp3) is 0.133. The molecule has 2 nitrogen and oxygen atoms in total. The molecule has 1 aliphatic heterocycles. The molecule has 1 heterocycles. The number of carbonyl (C=O) groups excluding carboxylic acids is 1. The first-order valence-electron chi connectivity index (χ1n) is 6.25. The molecule has 0 aliphatic carbocycles. The van der Waals surface area contributed by atoms with E-state index in [0.29, 0.717) is 11.6 Å². The Morgan fingerprint density at radius 2 is 1.86 bits per heavy atom. The van der Waals surface area contributed by atoms with Crippen LogP contribution >= 0.6 is 35.0 Å². The van der Waals surface area contributed by atoms with Gasteiger partial charge in [0, 0.05) is 27.2 Å². The number of halogens is 3. The smallest absolute Gasteiger partial charge is 0.261 e.